The van der Waals surface area contributed by atoms with Gasteiger partial charge in [-0.25, -0.2) is 9.97 Å². The number of benzene rings is 1. The minimum atomic E-state index is 0.596. The molecule has 3 aromatic rings. The van der Waals surface area contributed by atoms with Crippen molar-refractivity contribution in [2.45, 2.75) is 24.2 Å². The fourth-order valence-electron chi connectivity index (χ4n) is 2.76. The molecule has 4 rings (SSSR count). The van der Waals surface area contributed by atoms with E-state index in [0.717, 1.165) is 54.6 Å². The molecule has 3 heterocycles. The number of hydrogen-bond acceptors (Lipinski definition) is 8. The summed E-state index contributed by atoms with van der Waals surface area (Å²) in [5.74, 6) is 2.69. The number of fused-ring (bicyclic) bond motifs is 1. The van der Waals surface area contributed by atoms with Gasteiger partial charge >= 0.3 is 0 Å². The van der Waals surface area contributed by atoms with Gasteiger partial charge in [-0.1, -0.05) is 35.1 Å². The van der Waals surface area contributed by atoms with Crippen LogP contribution in [0.2, 0.25) is 0 Å². The Bertz CT molecular complexity index is 863. The van der Waals surface area contributed by atoms with E-state index in [1.807, 2.05) is 25.1 Å². The fourth-order valence-corrected chi connectivity index (χ4v) is 3.64. The largest absolute Gasteiger partial charge is 0.379 e. The predicted molar refractivity (Wildman–Crippen MR) is 94.2 cm³/mol. The lowest BCUT2D eigenvalue weighted by atomic mass is 10.2. The van der Waals surface area contributed by atoms with Crippen LogP contribution in [0.5, 0.6) is 0 Å². The molecule has 0 atom stereocenters. The lowest BCUT2D eigenvalue weighted by molar-refractivity contribution is 0.0330. The van der Waals surface area contributed by atoms with Gasteiger partial charge in [-0.05, 0) is 13.0 Å². The molecule has 0 spiro atoms. The number of rotatable bonds is 5. The highest BCUT2D eigenvalue weighted by Crippen LogP contribution is 2.28. The van der Waals surface area contributed by atoms with Gasteiger partial charge in [0.2, 0.25) is 5.89 Å². The number of para-hydroxylation sites is 1. The molecule has 0 N–H and O–H groups in total. The highest BCUT2D eigenvalue weighted by Gasteiger charge is 2.15. The topological polar surface area (TPSA) is 77.2 Å². The van der Waals surface area contributed by atoms with Gasteiger partial charge in [-0.15, -0.1) is 0 Å². The molecule has 1 aromatic carbocycles. The van der Waals surface area contributed by atoms with Crippen molar-refractivity contribution in [3.05, 3.63) is 41.8 Å². The maximum Gasteiger partial charge on any atom is 0.237 e. The van der Waals surface area contributed by atoms with Gasteiger partial charge in [0.25, 0.3) is 0 Å². The minimum Gasteiger partial charge on any atom is -0.379 e. The van der Waals surface area contributed by atoms with Gasteiger partial charge in [-0.3, -0.25) is 4.90 Å². The summed E-state index contributed by atoms with van der Waals surface area (Å²) < 4.78 is 10.6. The van der Waals surface area contributed by atoms with Crippen molar-refractivity contribution >= 4 is 22.7 Å². The SMILES string of the molecule is Cc1noc(CSc2nc(CN3CCOCC3)nc3ccccc23)n1. The molecule has 130 valence electrons. The van der Waals surface area contributed by atoms with Gasteiger partial charge in [0.05, 0.1) is 31.0 Å². The van der Waals surface area contributed by atoms with Crippen molar-refractivity contribution < 1.29 is 9.26 Å². The van der Waals surface area contributed by atoms with E-state index in [9.17, 15) is 0 Å². The lowest BCUT2D eigenvalue weighted by Crippen LogP contribution is -2.36. The molecule has 1 fully saturated rings. The summed E-state index contributed by atoms with van der Waals surface area (Å²) in [6, 6.07) is 8.09. The average Bonchev–Trinajstić information content (AvgIpc) is 3.06. The van der Waals surface area contributed by atoms with Gasteiger partial charge in [0, 0.05) is 18.5 Å². The zero-order chi connectivity index (χ0) is 17.1. The number of thioether (sulfide) groups is 1. The van der Waals surface area contributed by atoms with Crippen LogP contribution in [0.4, 0.5) is 0 Å². The molecule has 8 heteroatoms. The van der Waals surface area contributed by atoms with E-state index < -0.39 is 0 Å². The van der Waals surface area contributed by atoms with Gasteiger partial charge in [-0.2, -0.15) is 4.98 Å². The Hall–Kier alpha value is -2.03. The number of ether oxygens (including phenoxy) is 1. The Morgan fingerprint density at radius 3 is 2.76 bits per heavy atom. The highest BCUT2D eigenvalue weighted by molar-refractivity contribution is 7.98. The van der Waals surface area contributed by atoms with E-state index in [0.29, 0.717) is 17.5 Å². The zero-order valence-electron chi connectivity index (χ0n) is 14.0. The smallest absolute Gasteiger partial charge is 0.237 e. The summed E-state index contributed by atoms with van der Waals surface area (Å²) >= 11 is 1.60. The molecule has 0 aliphatic carbocycles. The average molecular weight is 357 g/mol. The molecule has 0 saturated carbocycles. The predicted octanol–water partition coefficient (Wildman–Crippen LogP) is 2.45. The lowest BCUT2D eigenvalue weighted by Gasteiger charge is -2.25. The standard InChI is InChI=1S/C17H19N5O2S/c1-12-18-16(24-21-12)11-25-17-13-4-2-3-5-14(13)19-15(20-17)10-22-6-8-23-9-7-22/h2-5H,6-11H2,1H3. The summed E-state index contributed by atoms with van der Waals surface area (Å²) in [5.41, 5.74) is 0.963. The van der Waals surface area contributed by atoms with Crippen LogP contribution < -0.4 is 0 Å². The van der Waals surface area contributed by atoms with Crippen molar-refractivity contribution in [1.29, 1.82) is 0 Å². The third-order valence-corrected chi connectivity index (χ3v) is 4.96. The summed E-state index contributed by atoms with van der Waals surface area (Å²) in [4.78, 5) is 16.1. The normalized spacial score (nSPS) is 15.7. The molecular formula is C17H19N5O2S. The van der Waals surface area contributed by atoms with Crippen LogP contribution in [-0.4, -0.2) is 51.3 Å². The second-order valence-corrected chi connectivity index (χ2v) is 6.84. The molecular weight excluding hydrogens is 338 g/mol. The molecule has 7 nitrogen and oxygen atoms in total. The molecule has 0 unspecified atom stereocenters. The highest BCUT2D eigenvalue weighted by atomic mass is 32.2. The summed E-state index contributed by atoms with van der Waals surface area (Å²) in [6.07, 6.45) is 0. The van der Waals surface area contributed by atoms with E-state index in [1.165, 1.54) is 0 Å². The minimum absolute atomic E-state index is 0.596. The summed E-state index contributed by atoms with van der Waals surface area (Å²) in [6.45, 7) is 5.93. The molecule has 1 aliphatic rings. The Morgan fingerprint density at radius 2 is 1.96 bits per heavy atom. The Kier molecular flexibility index (Phi) is 4.91. The Labute approximate surface area is 149 Å². The first-order chi connectivity index (χ1) is 12.3. The fraction of sp³-hybridized carbons (Fsp3) is 0.412. The van der Waals surface area contributed by atoms with E-state index in [1.54, 1.807) is 11.8 Å². The second-order valence-electron chi connectivity index (χ2n) is 5.87. The number of aryl methyl sites for hydroxylation is 1. The van der Waals surface area contributed by atoms with E-state index >= 15 is 0 Å². The number of aromatic nitrogens is 4. The number of morpholine rings is 1. The molecule has 0 radical (unpaired) electrons. The Balaban J connectivity index is 1.59. The molecule has 0 bridgehead atoms. The van der Waals surface area contributed by atoms with Gasteiger partial charge in [0.1, 0.15) is 10.9 Å². The van der Waals surface area contributed by atoms with Crippen LogP contribution in [0.15, 0.2) is 33.8 Å². The van der Waals surface area contributed by atoms with E-state index in [2.05, 4.69) is 21.1 Å². The molecule has 1 saturated heterocycles. The zero-order valence-corrected chi connectivity index (χ0v) is 14.8. The van der Waals surface area contributed by atoms with Crippen molar-refractivity contribution in [2.75, 3.05) is 26.3 Å². The summed E-state index contributed by atoms with van der Waals surface area (Å²) in [7, 11) is 0. The monoisotopic (exact) mass is 357 g/mol. The van der Waals surface area contributed by atoms with Crippen molar-refractivity contribution in [3.63, 3.8) is 0 Å². The third-order valence-electron chi connectivity index (χ3n) is 3.99. The van der Waals surface area contributed by atoms with E-state index in [-0.39, 0.29) is 0 Å². The van der Waals surface area contributed by atoms with Crippen LogP contribution in [0.25, 0.3) is 10.9 Å². The van der Waals surface area contributed by atoms with Crippen LogP contribution in [-0.2, 0) is 17.0 Å². The van der Waals surface area contributed by atoms with Crippen LogP contribution in [0, 0.1) is 6.92 Å². The van der Waals surface area contributed by atoms with Crippen LogP contribution >= 0.6 is 11.8 Å². The summed E-state index contributed by atoms with van der Waals surface area (Å²) in [5, 5.41) is 5.83. The Morgan fingerprint density at radius 1 is 1.12 bits per heavy atom. The molecule has 0 amide bonds. The molecule has 25 heavy (non-hydrogen) atoms. The van der Waals surface area contributed by atoms with Crippen LogP contribution in [0.1, 0.15) is 17.5 Å². The van der Waals surface area contributed by atoms with Gasteiger partial charge in [0.15, 0.2) is 5.82 Å². The molecule has 1 aliphatic heterocycles. The second kappa shape index (κ2) is 7.47. The third kappa shape index (κ3) is 3.97. The first-order valence-electron chi connectivity index (χ1n) is 8.26. The number of nitrogens with zero attached hydrogens (tertiary/aromatic N) is 5. The quantitative estimate of drug-likeness (QED) is 0.509. The first-order valence-corrected chi connectivity index (χ1v) is 9.24. The van der Waals surface area contributed by atoms with Crippen molar-refractivity contribution in [3.8, 4) is 0 Å². The van der Waals surface area contributed by atoms with Crippen LogP contribution in [0.3, 0.4) is 0 Å². The van der Waals surface area contributed by atoms with E-state index in [4.69, 9.17) is 19.2 Å². The first kappa shape index (κ1) is 16.4. The van der Waals surface area contributed by atoms with Gasteiger partial charge < -0.3 is 9.26 Å². The van der Waals surface area contributed by atoms with Crippen molar-refractivity contribution in [1.82, 2.24) is 25.0 Å². The maximum absolute atomic E-state index is 5.41. The maximum atomic E-state index is 5.41. The molecule has 2 aromatic heterocycles. The van der Waals surface area contributed by atoms with Crippen molar-refractivity contribution in [2.24, 2.45) is 0 Å². The number of hydrogen-bond donors (Lipinski definition) is 0.